The molecule has 1 aromatic rings. The van der Waals surface area contributed by atoms with E-state index in [-0.39, 0.29) is 11.7 Å². The Morgan fingerprint density at radius 1 is 1.20 bits per heavy atom. The second-order valence-electron chi connectivity index (χ2n) is 5.29. The minimum atomic E-state index is -3.35. The standard InChI is InChI=1S/C15H25NO3S/c1-3-4-14-5-7-15(8-6-14)19-11-9-13(2)10-12-20(16,17)18/h5-8,13H,3-4,9-12H2,1-2H3,(H2,16,17,18). The normalized spacial score (nSPS) is 13.2. The highest BCUT2D eigenvalue weighted by molar-refractivity contribution is 7.89. The van der Waals surface area contributed by atoms with Crippen molar-refractivity contribution in [1.82, 2.24) is 0 Å². The van der Waals surface area contributed by atoms with Crippen molar-refractivity contribution in [3.05, 3.63) is 29.8 Å². The maximum atomic E-state index is 10.9. The van der Waals surface area contributed by atoms with Gasteiger partial charge in [-0.05, 0) is 42.9 Å². The maximum absolute atomic E-state index is 10.9. The van der Waals surface area contributed by atoms with Crippen LogP contribution in [0, 0.1) is 5.92 Å². The van der Waals surface area contributed by atoms with E-state index in [4.69, 9.17) is 9.88 Å². The lowest BCUT2D eigenvalue weighted by Crippen LogP contribution is -2.18. The number of hydrogen-bond donors (Lipinski definition) is 1. The van der Waals surface area contributed by atoms with Crippen LogP contribution in [-0.2, 0) is 16.4 Å². The summed E-state index contributed by atoms with van der Waals surface area (Å²) in [7, 11) is -3.35. The van der Waals surface area contributed by atoms with E-state index in [2.05, 4.69) is 19.1 Å². The average Bonchev–Trinajstić information content (AvgIpc) is 2.38. The van der Waals surface area contributed by atoms with Gasteiger partial charge in [-0.2, -0.15) is 0 Å². The highest BCUT2D eigenvalue weighted by Gasteiger charge is 2.08. The molecule has 1 unspecified atom stereocenters. The van der Waals surface area contributed by atoms with Crippen LogP contribution in [0.2, 0.25) is 0 Å². The largest absolute Gasteiger partial charge is 0.494 e. The zero-order chi connectivity index (χ0) is 15.0. The van der Waals surface area contributed by atoms with E-state index in [1.165, 1.54) is 5.56 Å². The molecule has 0 aliphatic carbocycles. The number of rotatable bonds is 9. The SMILES string of the molecule is CCCc1ccc(OCCC(C)CCS(N)(=O)=O)cc1. The molecule has 0 aliphatic rings. The van der Waals surface area contributed by atoms with Gasteiger partial charge in [0, 0.05) is 0 Å². The molecule has 0 heterocycles. The highest BCUT2D eigenvalue weighted by Crippen LogP contribution is 2.15. The molecule has 0 spiro atoms. The molecule has 20 heavy (non-hydrogen) atoms. The van der Waals surface area contributed by atoms with Gasteiger partial charge in [0.05, 0.1) is 12.4 Å². The summed E-state index contributed by atoms with van der Waals surface area (Å²) >= 11 is 0. The number of nitrogens with two attached hydrogens (primary N) is 1. The van der Waals surface area contributed by atoms with Crippen molar-refractivity contribution in [1.29, 1.82) is 0 Å². The van der Waals surface area contributed by atoms with E-state index < -0.39 is 10.0 Å². The fourth-order valence-corrected chi connectivity index (χ4v) is 2.66. The molecule has 0 radical (unpaired) electrons. The molecule has 0 bridgehead atoms. The molecule has 1 atom stereocenters. The molecule has 1 rings (SSSR count). The zero-order valence-electron chi connectivity index (χ0n) is 12.3. The van der Waals surface area contributed by atoms with Gasteiger partial charge in [0.2, 0.25) is 10.0 Å². The van der Waals surface area contributed by atoms with Crippen LogP contribution in [-0.4, -0.2) is 20.8 Å². The molecule has 0 saturated carbocycles. The summed E-state index contributed by atoms with van der Waals surface area (Å²) in [6.45, 7) is 4.77. The van der Waals surface area contributed by atoms with Gasteiger partial charge in [-0.3, -0.25) is 0 Å². The number of aryl methyl sites for hydroxylation is 1. The van der Waals surface area contributed by atoms with E-state index in [1.54, 1.807) is 0 Å². The first kappa shape index (κ1) is 17.0. The van der Waals surface area contributed by atoms with E-state index in [0.29, 0.717) is 13.0 Å². The predicted molar refractivity (Wildman–Crippen MR) is 82.3 cm³/mol. The van der Waals surface area contributed by atoms with E-state index in [1.807, 2.05) is 19.1 Å². The zero-order valence-corrected chi connectivity index (χ0v) is 13.2. The fraction of sp³-hybridized carbons (Fsp3) is 0.600. The molecule has 2 N–H and O–H groups in total. The quantitative estimate of drug-likeness (QED) is 0.762. The third kappa shape index (κ3) is 7.50. The van der Waals surface area contributed by atoms with Crippen molar-refractivity contribution in [2.24, 2.45) is 11.1 Å². The van der Waals surface area contributed by atoms with Gasteiger partial charge in [-0.25, -0.2) is 13.6 Å². The van der Waals surface area contributed by atoms with Crippen LogP contribution in [0.4, 0.5) is 0 Å². The number of sulfonamides is 1. The van der Waals surface area contributed by atoms with Gasteiger partial charge in [0.15, 0.2) is 0 Å². The minimum Gasteiger partial charge on any atom is -0.494 e. The molecular formula is C15H25NO3S. The first-order valence-electron chi connectivity index (χ1n) is 7.13. The van der Waals surface area contributed by atoms with Gasteiger partial charge in [0.25, 0.3) is 0 Å². The van der Waals surface area contributed by atoms with Crippen molar-refractivity contribution in [2.45, 2.75) is 39.5 Å². The molecular weight excluding hydrogens is 274 g/mol. The van der Waals surface area contributed by atoms with Crippen molar-refractivity contribution in [3.63, 3.8) is 0 Å². The Labute approximate surface area is 122 Å². The van der Waals surface area contributed by atoms with Crippen LogP contribution >= 0.6 is 0 Å². The van der Waals surface area contributed by atoms with Crippen LogP contribution in [0.1, 0.15) is 38.7 Å². The Bertz CT molecular complexity index is 482. The van der Waals surface area contributed by atoms with Gasteiger partial charge < -0.3 is 4.74 Å². The summed E-state index contributed by atoms with van der Waals surface area (Å²) in [5.74, 6) is 1.19. The molecule has 114 valence electrons. The summed E-state index contributed by atoms with van der Waals surface area (Å²) in [6.07, 6.45) is 3.64. The van der Waals surface area contributed by atoms with E-state index in [0.717, 1.165) is 25.0 Å². The maximum Gasteiger partial charge on any atom is 0.209 e. The first-order valence-corrected chi connectivity index (χ1v) is 8.84. The minimum absolute atomic E-state index is 0.0415. The van der Waals surface area contributed by atoms with Crippen LogP contribution < -0.4 is 9.88 Å². The Balaban J connectivity index is 2.26. The smallest absolute Gasteiger partial charge is 0.209 e. The van der Waals surface area contributed by atoms with Crippen LogP contribution in [0.3, 0.4) is 0 Å². The monoisotopic (exact) mass is 299 g/mol. The van der Waals surface area contributed by atoms with Gasteiger partial charge in [-0.1, -0.05) is 32.4 Å². The summed E-state index contributed by atoms with van der Waals surface area (Å²) in [6, 6.07) is 8.15. The number of primary sulfonamides is 1. The molecule has 0 aromatic heterocycles. The molecule has 0 aliphatic heterocycles. The summed E-state index contributed by atoms with van der Waals surface area (Å²) in [4.78, 5) is 0. The lowest BCUT2D eigenvalue weighted by atomic mass is 10.1. The molecule has 0 amide bonds. The van der Waals surface area contributed by atoms with Crippen LogP contribution in [0.25, 0.3) is 0 Å². The van der Waals surface area contributed by atoms with Crippen LogP contribution in [0.5, 0.6) is 5.75 Å². The molecule has 0 saturated heterocycles. The van der Waals surface area contributed by atoms with Gasteiger partial charge in [0.1, 0.15) is 5.75 Å². The predicted octanol–water partition coefficient (Wildman–Crippen LogP) is 2.72. The molecule has 1 aromatic carbocycles. The molecule has 5 heteroatoms. The second-order valence-corrected chi connectivity index (χ2v) is 7.03. The van der Waals surface area contributed by atoms with Gasteiger partial charge in [-0.15, -0.1) is 0 Å². The first-order chi connectivity index (χ1) is 9.40. The second kappa shape index (κ2) is 8.27. The number of ether oxygens (including phenoxy) is 1. The Morgan fingerprint density at radius 2 is 1.85 bits per heavy atom. The lowest BCUT2D eigenvalue weighted by Gasteiger charge is -2.12. The van der Waals surface area contributed by atoms with Gasteiger partial charge >= 0.3 is 0 Å². The summed E-state index contributed by atoms with van der Waals surface area (Å²) < 4.78 is 27.4. The molecule has 0 fully saturated rings. The third-order valence-corrected chi connectivity index (χ3v) is 4.04. The Morgan fingerprint density at radius 3 is 2.40 bits per heavy atom. The van der Waals surface area contributed by atoms with Crippen molar-refractivity contribution in [2.75, 3.05) is 12.4 Å². The van der Waals surface area contributed by atoms with E-state index >= 15 is 0 Å². The Hall–Kier alpha value is -1.07. The third-order valence-electron chi connectivity index (χ3n) is 3.24. The van der Waals surface area contributed by atoms with E-state index in [9.17, 15) is 8.42 Å². The van der Waals surface area contributed by atoms with Crippen molar-refractivity contribution < 1.29 is 13.2 Å². The average molecular weight is 299 g/mol. The summed E-state index contributed by atoms with van der Waals surface area (Å²) in [5.41, 5.74) is 1.32. The molecule has 4 nitrogen and oxygen atoms in total. The van der Waals surface area contributed by atoms with Crippen molar-refractivity contribution >= 4 is 10.0 Å². The highest BCUT2D eigenvalue weighted by atomic mass is 32.2. The number of benzene rings is 1. The topological polar surface area (TPSA) is 69.4 Å². The number of hydrogen-bond acceptors (Lipinski definition) is 3. The van der Waals surface area contributed by atoms with Crippen LogP contribution in [0.15, 0.2) is 24.3 Å². The fourth-order valence-electron chi connectivity index (χ4n) is 1.93. The lowest BCUT2D eigenvalue weighted by molar-refractivity contribution is 0.282. The summed E-state index contributed by atoms with van der Waals surface area (Å²) in [5, 5.41) is 4.98. The Kier molecular flexibility index (Phi) is 7.02. The van der Waals surface area contributed by atoms with Crippen molar-refractivity contribution in [3.8, 4) is 5.75 Å².